The average Bonchev–Trinajstić information content (AvgIpc) is 3.51. The van der Waals surface area contributed by atoms with Crippen LogP contribution in [0.25, 0.3) is 22.3 Å². The molecule has 3 aromatic heterocycles. The van der Waals surface area contributed by atoms with Crippen LogP contribution in [0.2, 0.25) is 0 Å². The molecular formula is C34H41F3N8O3. The number of benzene rings is 1. The molecule has 0 spiro atoms. The van der Waals surface area contributed by atoms with E-state index < -0.39 is 17.8 Å². The lowest BCUT2D eigenvalue weighted by atomic mass is 10.1. The number of piperazine rings is 1. The zero-order valence-corrected chi connectivity index (χ0v) is 27.4. The van der Waals surface area contributed by atoms with Crippen molar-refractivity contribution in [3.63, 3.8) is 0 Å². The van der Waals surface area contributed by atoms with E-state index in [0.717, 1.165) is 41.1 Å². The molecule has 14 heteroatoms. The normalized spacial score (nSPS) is 17.0. The fraction of sp³-hybridized carbons (Fsp3) is 0.471. The SMILES string of the molecule is CC(C)(C)OC(=O)N1CCN(CCc2ccnc(C(Nc3ccc(-c4cc5c(N6CCOCC6)ncnc5[nH]4)cc3)C(F)(F)F)c2)CC1. The highest BCUT2D eigenvalue weighted by atomic mass is 19.4. The number of aromatic amines is 1. The van der Waals surface area contributed by atoms with Gasteiger partial charge < -0.3 is 29.6 Å². The Hall–Kier alpha value is -4.43. The molecule has 1 unspecified atom stereocenters. The molecule has 2 fully saturated rings. The number of amides is 1. The molecule has 1 amide bonds. The van der Waals surface area contributed by atoms with Crippen molar-refractivity contribution >= 4 is 28.6 Å². The summed E-state index contributed by atoms with van der Waals surface area (Å²) in [4.78, 5) is 34.7. The van der Waals surface area contributed by atoms with Gasteiger partial charge in [0.05, 0.1) is 24.3 Å². The Morgan fingerprint density at radius 2 is 1.71 bits per heavy atom. The summed E-state index contributed by atoms with van der Waals surface area (Å²) in [5, 5.41) is 3.54. The van der Waals surface area contributed by atoms with Crippen LogP contribution in [0.4, 0.5) is 29.5 Å². The standard InChI is InChI=1S/C34H41F3N8O3/c1-33(2,3)48-32(46)45-14-12-43(13-15-45)11-9-23-8-10-38-28(20-23)29(34(35,36)37)41-25-6-4-24(5-7-25)27-21-26-30(42-27)39-22-40-31(26)44-16-18-47-19-17-44/h4-8,10,20-22,29,41H,9,11-19H2,1-3H3,(H,39,40,42). The number of anilines is 2. The lowest BCUT2D eigenvalue weighted by molar-refractivity contribution is -0.144. The molecule has 4 aromatic rings. The number of ether oxygens (including phenoxy) is 2. The summed E-state index contributed by atoms with van der Waals surface area (Å²) in [5.41, 5.74) is 2.72. The Morgan fingerprint density at radius 3 is 2.40 bits per heavy atom. The van der Waals surface area contributed by atoms with Gasteiger partial charge in [0.2, 0.25) is 0 Å². The summed E-state index contributed by atoms with van der Waals surface area (Å²) in [7, 11) is 0. The summed E-state index contributed by atoms with van der Waals surface area (Å²) >= 11 is 0. The van der Waals surface area contributed by atoms with Gasteiger partial charge in [-0.1, -0.05) is 12.1 Å². The molecule has 256 valence electrons. The molecular weight excluding hydrogens is 625 g/mol. The number of fused-ring (bicyclic) bond motifs is 1. The third-order valence-electron chi connectivity index (χ3n) is 8.43. The number of hydrogen-bond donors (Lipinski definition) is 2. The molecule has 11 nitrogen and oxygen atoms in total. The third-order valence-corrected chi connectivity index (χ3v) is 8.43. The number of halogens is 3. The molecule has 48 heavy (non-hydrogen) atoms. The molecule has 0 radical (unpaired) electrons. The molecule has 0 aliphatic carbocycles. The van der Waals surface area contributed by atoms with Crippen molar-refractivity contribution in [2.75, 3.05) is 69.2 Å². The Balaban J connectivity index is 1.09. The maximum absolute atomic E-state index is 14.4. The van der Waals surface area contributed by atoms with E-state index >= 15 is 0 Å². The van der Waals surface area contributed by atoms with Crippen LogP contribution in [0.15, 0.2) is 55.0 Å². The quantitative estimate of drug-likeness (QED) is 0.246. The summed E-state index contributed by atoms with van der Waals surface area (Å²) in [6, 6.07) is 10.1. The zero-order valence-electron chi connectivity index (χ0n) is 27.4. The number of nitrogens with zero attached hydrogens (tertiary/aromatic N) is 6. The number of alkyl halides is 3. The first kappa shape index (κ1) is 33.5. The van der Waals surface area contributed by atoms with E-state index in [-0.39, 0.29) is 11.8 Å². The van der Waals surface area contributed by atoms with Crippen LogP contribution >= 0.6 is 0 Å². The van der Waals surface area contributed by atoms with E-state index in [1.54, 1.807) is 35.2 Å². The van der Waals surface area contributed by atoms with Gasteiger partial charge in [-0.25, -0.2) is 14.8 Å². The van der Waals surface area contributed by atoms with Crippen LogP contribution in [0.1, 0.15) is 38.1 Å². The minimum Gasteiger partial charge on any atom is -0.444 e. The lowest BCUT2D eigenvalue weighted by Gasteiger charge is -2.35. The van der Waals surface area contributed by atoms with E-state index in [1.807, 2.05) is 26.8 Å². The Bertz CT molecular complexity index is 1690. The summed E-state index contributed by atoms with van der Waals surface area (Å²) in [5.74, 6) is 0.826. The van der Waals surface area contributed by atoms with Gasteiger partial charge in [0.25, 0.3) is 0 Å². The van der Waals surface area contributed by atoms with E-state index in [2.05, 4.69) is 35.1 Å². The van der Waals surface area contributed by atoms with Crippen molar-refractivity contribution in [1.82, 2.24) is 29.7 Å². The summed E-state index contributed by atoms with van der Waals surface area (Å²) < 4.78 is 54.1. The van der Waals surface area contributed by atoms with Gasteiger partial charge in [0.1, 0.15) is 23.4 Å². The molecule has 0 bridgehead atoms. The highest BCUT2D eigenvalue weighted by Crippen LogP contribution is 2.36. The fourth-order valence-electron chi connectivity index (χ4n) is 5.92. The predicted octanol–water partition coefficient (Wildman–Crippen LogP) is 5.67. The van der Waals surface area contributed by atoms with E-state index in [9.17, 15) is 18.0 Å². The maximum atomic E-state index is 14.4. The van der Waals surface area contributed by atoms with Crippen molar-refractivity contribution in [2.45, 2.75) is 45.0 Å². The Morgan fingerprint density at radius 1 is 0.979 bits per heavy atom. The van der Waals surface area contributed by atoms with Crippen molar-refractivity contribution in [3.8, 4) is 11.3 Å². The van der Waals surface area contributed by atoms with Gasteiger partial charge in [0.15, 0.2) is 6.04 Å². The zero-order chi connectivity index (χ0) is 33.9. The van der Waals surface area contributed by atoms with E-state index in [4.69, 9.17) is 9.47 Å². The second kappa shape index (κ2) is 14.0. The van der Waals surface area contributed by atoms with Gasteiger partial charge >= 0.3 is 12.3 Å². The number of morpholine rings is 1. The van der Waals surface area contributed by atoms with Crippen molar-refractivity contribution < 1.29 is 27.4 Å². The highest BCUT2D eigenvalue weighted by Gasteiger charge is 2.42. The van der Waals surface area contributed by atoms with Crippen LogP contribution in [0.5, 0.6) is 0 Å². The van der Waals surface area contributed by atoms with E-state index in [1.165, 1.54) is 18.6 Å². The Labute approximate surface area is 277 Å². The molecule has 1 atom stereocenters. The topological polar surface area (TPSA) is 112 Å². The first-order chi connectivity index (χ1) is 22.9. The maximum Gasteiger partial charge on any atom is 0.414 e. The van der Waals surface area contributed by atoms with Gasteiger partial charge in [-0.3, -0.25) is 9.88 Å². The van der Waals surface area contributed by atoms with Gasteiger partial charge in [-0.05, 0) is 68.7 Å². The molecule has 6 rings (SSSR count). The van der Waals surface area contributed by atoms with E-state index in [0.29, 0.717) is 63.7 Å². The summed E-state index contributed by atoms with van der Waals surface area (Å²) in [6.07, 6.45) is -1.39. The van der Waals surface area contributed by atoms with Gasteiger partial charge in [-0.2, -0.15) is 13.2 Å². The van der Waals surface area contributed by atoms with Crippen LogP contribution in [0, 0.1) is 0 Å². The van der Waals surface area contributed by atoms with Crippen LogP contribution in [-0.2, 0) is 15.9 Å². The van der Waals surface area contributed by atoms with Gasteiger partial charge in [-0.15, -0.1) is 0 Å². The van der Waals surface area contributed by atoms with Crippen molar-refractivity contribution in [3.05, 3.63) is 66.2 Å². The second-order valence-corrected chi connectivity index (χ2v) is 13.1. The number of H-pyrrole nitrogens is 1. The lowest BCUT2D eigenvalue weighted by Crippen LogP contribution is -2.50. The van der Waals surface area contributed by atoms with Crippen molar-refractivity contribution in [1.29, 1.82) is 0 Å². The van der Waals surface area contributed by atoms with Crippen LogP contribution in [-0.4, -0.2) is 107 Å². The summed E-state index contributed by atoms with van der Waals surface area (Å²) in [6.45, 7) is 11.3. The molecule has 2 aliphatic rings. The minimum atomic E-state index is -4.58. The van der Waals surface area contributed by atoms with Crippen molar-refractivity contribution in [2.24, 2.45) is 0 Å². The molecule has 2 saturated heterocycles. The third kappa shape index (κ3) is 8.16. The number of pyridine rings is 1. The molecule has 2 N–H and O–H groups in total. The number of carbonyl (C=O) groups is 1. The number of aromatic nitrogens is 4. The number of carbonyl (C=O) groups excluding carboxylic acids is 1. The largest absolute Gasteiger partial charge is 0.444 e. The number of rotatable bonds is 8. The fourth-order valence-corrected chi connectivity index (χ4v) is 5.92. The number of nitrogens with one attached hydrogen (secondary N) is 2. The number of hydrogen-bond acceptors (Lipinski definition) is 9. The Kier molecular flexibility index (Phi) is 9.74. The predicted molar refractivity (Wildman–Crippen MR) is 177 cm³/mol. The molecule has 0 saturated carbocycles. The monoisotopic (exact) mass is 666 g/mol. The van der Waals surface area contributed by atoms with Gasteiger partial charge in [0, 0.05) is 63.4 Å². The smallest absolute Gasteiger partial charge is 0.414 e. The minimum absolute atomic E-state index is 0.0938. The second-order valence-electron chi connectivity index (χ2n) is 13.1. The first-order valence-corrected chi connectivity index (χ1v) is 16.2. The highest BCUT2D eigenvalue weighted by molar-refractivity contribution is 5.92. The molecule has 1 aromatic carbocycles. The van der Waals surface area contributed by atoms with Crippen LogP contribution < -0.4 is 10.2 Å². The molecule has 5 heterocycles. The average molecular weight is 667 g/mol. The molecule has 2 aliphatic heterocycles. The first-order valence-electron chi connectivity index (χ1n) is 16.2. The van der Waals surface area contributed by atoms with Crippen LogP contribution in [0.3, 0.4) is 0 Å².